The van der Waals surface area contributed by atoms with Crippen LogP contribution in [0, 0.1) is 6.92 Å². The first-order valence-electron chi connectivity index (χ1n) is 5.85. The van der Waals surface area contributed by atoms with Crippen molar-refractivity contribution >= 4 is 0 Å². The molecule has 1 N–H and O–H groups in total. The van der Waals surface area contributed by atoms with Crippen LogP contribution in [0.25, 0.3) is 0 Å². The maximum atomic E-state index is 9.96. The van der Waals surface area contributed by atoms with Crippen LogP contribution in [0.5, 0.6) is 0 Å². The Morgan fingerprint density at radius 2 is 2.13 bits per heavy atom. The molecule has 1 aromatic rings. The monoisotopic (exact) mass is 207 g/mol. The lowest BCUT2D eigenvalue weighted by molar-refractivity contribution is 0.162. The largest absolute Gasteiger partial charge is 0.388 e. The van der Waals surface area contributed by atoms with Crippen LogP contribution in [-0.2, 0) is 0 Å². The van der Waals surface area contributed by atoms with Gasteiger partial charge in [-0.2, -0.15) is 0 Å². The lowest BCUT2D eigenvalue weighted by Gasteiger charge is -2.12. The van der Waals surface area contributed by atoms with Gasteiger partial charge in [0.2, 0.25) is 0 Å². The van der Waals surface area contributed by atoms with Gasteiger partial charge in [0.1, 0.15) is 0 Å². The molecule has 0 aliphatic carbocycles. The Morgan fingerprint density at radius 1 is 1.33 bits per heavy atom. The molecule has 84 valence electrons. The molecule has 0 saturated carbocycles. The molecule has 1 heterocycles. The zero-order valence-corrected chi connectivity index (χ0v) is 9.74. The van der Waals surface area contributed by atoms with Crippen LogP contribution in [0.2, 0.25) is 0 Å². The second kappa shape index (κ2) is 6.57. The normalized spacial score (nSPS) is 12.7. The van der Waals surface area contributed by atoms with E-state index in [1.807, 2.05) is 19.1 Å². The summed E-state index contributed by atoms with van der Waals surface area (Å²) in [5.41, 5.74) is 1.93. The van der Waals surface area contributed by atoms with Gasteiger partial charge >= 0.3 is 0 Å². The Balaban J connectivity index is 2.40. The number of rotatable bonds is 6. The number of aliphatic hydroxyl groups is 1. The maximum Gasteiger partial charge on any atom is 0.0807 e. The first-order valence-corrected chi connectivity index (χ1v) is 5.85. The van der Waals surface area contributed by atoms with Crippen LogP contribution >= 0.6 is 0 Å². The summed E-state index contributed by atoms with van der Waals surface area (Å²) in [6.45, 7) is 4.15. The Labute approximate surface area is 92.4 Å². The van der Waals surface area contributed by atoms with E-state index in [-0.39, 0.29) is 6.10 Å². The highest BCUT2D eigenvalue weighted by atomic mass is 16.3. The van der Waals surface area contributed by atoms with Crippen molar-refractivity contribution in [2.24, 2.45) is 0 Å². The van der Waals surface area contributed by atoms with Crippen LogP contribution < -0.4 is 0 Å². The van der Waals surface area contributed by atoms with Crippen molar-refractivity contribution in [2.75, 3.05) is 0 Å². The van der Waals surface area contributed by atoms with Gasteiger partial charge in [0.25, 0.3) is 0 Å². The number of aliphatic hydroxyl groups excluding tert-OH is 1. The van der Waals surface area contributed by atoms with Crippen LogP contribution in [-0.4, -0.2) is 10.1 Å². The topological polar surface area (TPSA) is 33.1 Å². The predicted molar refractivity (Wildman–Crippen MR) is 62.7 cm³/mol. The van der Waals surface area contributed by atoms with Crippen molar-refractivity contribution in [2.45, 2.75) is 52.1 Å². The minimum absolute atomic E-state index is 0.337. The van der Waals surface area contributed by atoms with Crippen molar-refractivity contribution in [3.8, 4) is 0 Å². The van der Waals surface area contributed by atoms with E-state index in [9.17, 15) is 5.11 Å². The average Bonchev–Trinajstić information content (AvgIpc) is 2.25. The Hall–Kier alpha value is -0.890. The maximum absolute atomic E-state index is 9.96. The zero-order valence-electron chi connectivity index (χ0n) is 9.74. The third-order valence-electron chi connectivity index (χ3n) is 2.74. The summed E-state index contributed by atoms with van der Waals surface area (Å²) in [5.74, 6) is 0. The molecule has 0 spiro atoms. The molecule has 1 rings (SSSR count). The van der Waals surface area contributed by atoms with E-state index in [1.54, 1.807) is 6.20 Å². The first-order chi connectivity index (χ1) is 7.25. The highest BCUT2D eigenvalue weighted by Crippen LogP contribution is 2.21. The number of pyridine rings is 1. The summed E-state index contributed by atoms with van der Waals surface area (Å²) in [7, 11) is 0. The fraction of sp³-hybridized carbons (Fsp3) is 0.615. The highest BCUT2D eigenvalue weighted by Gasteiger charge is 2.09. The molecule has 0 aromatic carbocycles. The van der Waals surface area contributed by atoms with Crippen molar-refractivity contribution in [1.29, 1.82) is 0 Å². The fourth-order valence-corrected chi connectivity index (χ4v) is 1.77. The molecule has 2 heteroatoms. The predicted octanol–water partition coefficient (Wildman–Crippen LogP) is 3.39. The summed E-state index contributed by atoms with van der Waals surface area (Å²) in [6.07, 6.45) is 7.10. The molecular formula is C13H21NO. The molecule has 1 unspecified atom stereocenters. The van der Waals surface area contributed by atoms with Gasteiger partial charge in [0.15, 0.2) is 0 Å². The quantitative estimate of drug-likeness (QED) is 0.725. The number of nitrogens with zero attached hydrogens (tertiary/aromatic N) is 1. The van der Waals surface area contributed by atoms with E-state index < -0.39 is 0 Å². The van der Waals surface area contributed by atoms with Gasteiger partial charge in [-0.3, -0.25) is 4.98 Å². The Bertz CT molecular complexity index is 286. The van der Waals surface area contributed by atoms with Crippen LogP contribution in [0.15, 0.2) is 18.3 Å². The number of aryl methyl sites for hydroxylation is 1. The molecule has 0 radical (unpaired) electrons. The molecule has 0 saturated heterocycles. The van der Waals surface area contributed by atoms with Crippen molar-refractivity contribution in [3.05, 3.63) is 29.6 Å². The van der Waals surface area contributed by atoms with Gasteiger partial charge in [-0.05, 0) is 19.4 Å². The van der Waals surface area contributed by atoms with Gasteiger partial charge in [-0.25, -0.2) is 0 Å². The lowest BCUT2D eigenvalue weighted by Crippen LogP contribution is -2.01. The minimum atomic E-state index is -0.337. The van der Waals surface area contributed by atoms with E-state index in [1.165, 1.54) is 19.3 Å². The molecule has 0 aliphatic heterocycles. The van der Waals surface area contributed by atoms with Crippen LogP contribution in [0.4, 0.5) is 0 Å². The van der Waals surface area contributed by atoms with Crippen molar-refractivity contribution < 1.29 is 5.11 Å². The van der Waals surface area contributed by atoms with Gasteiger partial charge in [-0.1, -0.05) is 38.7 Å². The van der Waals surface area contributed by atoms with Crippen molar-refractivity contribution in [3.63, 3.8) is 0 Å². The van der Waals surface area contributed by atoms with Gasteiger partial charge in [0, 0.05) is 17.5 Å². The molecule has 0 amide bonds. The van der Waals surface area contributed by atoms with Crippen molar-refractivity contribution in [1.82, 2.24) is 4.98 Å². The molecule has 15 heavy (non-hydrogen) atoms. The third-order valence-corrected chi connectivity index (χ3v) is 2.74. The molecule has 0 fully saturated rings. The lowest BCUT2D eigenvalue weighted by atomic mass is 10.0. The van der Waals surface area contributed by atoms with Crippen LogP contribution in [0.3, 0.4) is 0 Å². The average molecular weight is 207 g/mol. The Morgan fingerprint density at radius 3 is 2.80 bits per heavy atom. The van der Waals surface area contributed by atoms with E-state index in [0.29, 0.717) is 0 Å². The van der Waals surface area contributed by atoms with E-state index >= 15 is 0 Å². The smallest absolute Gasteiger partial charge is 0.0807 e. The SMILES string of the molecule is CCCCCCC(O)c1cccnc1C. The molecule has 1 aromatic heterocycles. The second-order valence-corrected chi connectivity index (χ2v) is 4.04. The van der Waals surface area contributed by atoms with Gasteiger partial charge < -0.3 is 5.11 Å². The Kier molecular flexibility index (Phi) is 5.33. The summed E-state index contributed by atoms with van der Waals surface area (Å²) < 4.78 is 0. The summed E-state index contributed by atoms with van der Waals surface area (Å²) >= 11 is 0. The molecule has 1 atom stereocenters. The summed E-state index contributed by atoms with van der Waals surface area (Å²) in [4.78, 5) is 4.18. The number of hydrogen-bond acceptors (Lipinski definition) is 2. The van der Waals surface area contributed by atoms with E-state index in [0.717, 1.165) is 24.1 Å². The van der Waals surface area contributed by atoms with Crippen LogP contribution in [0.1, 0.15) is 56.4 Å². The fourth-order valence-electron chi connectivity index (χ4n) is 1.77. The molecule has 0 aliphatic rings. The zero-order chi connectivity index (χ0) is 11.1. The molecule has 0 bridgehead atoms. The number of unbranched alkanes of at least 4 members (excludes halogenated alkanes) is 3. The minimum Gasteiger partial charge on any atom is -0.388 e. The molecular weight excluding hydrogens is 186 g/mol. The third kappa shape index (κ3) is 4.00. The first kappa shape index (κ1) is 12.2. The summed E-state index contributed by atoms with van der Waals surface area (Å²) in [5, 5.41) is 9.96. The number of aromatic nitrogens is 1. The summed E-state index contributed by atoms with van der Waals surface area (Å²) in [6, 6.07) is 3.85. The van der Waals surface area contributed by atoms with Gasteiger partial charge in [0.05, 0.1) is 6.10 Å². The van der Waals surface area contributed by atoms with Gasteiger partial charge in [-0.15, -0.1) is 0 Å². The van der Waals surface area contributed by atoms with E-state index in [2.05, 4.69) is 11.9 Å². The second-order valence-electron chi connectivity index (χ2n) is 4.04. The standard InChI is InChI=1S/C13H21NO/c1-3-4-5-6-9-13(15)12-8-7-10-14-11(12)2/h7-8,10,13,15H,3-6,9H2,1-2H3. The number of hydrogen-bond donors (Lipinski definition) is 1. The van der Waals surface area contributed by atoms with E-state index in [4.69, 9.17) is 0 Å². The molecule has 2 nitrogen and oxygen atoms in total. The highest BCUT2D eigenvalue weighted by molar-refractivity contribution is 5.20.